The van der Waals surface area contributed by atoms with Crippen molar-refractivity contribution in [3.63, 3.8) is 0 Å². The van der Waals surface area contributed by atoms with Crippen molar-refractivity contribution < 1.29 is 19.1 Å². The van der Waals surface area contributed by atoms with Gasteiger partial charge in [0.25, 0.3) is 0 Å². The highest BCUT2D eigenvalue weighted by molar-refractivity contribution is 7.16. The number of hydrogen-bond donors (Lipinski definition) is 0. The van der Waals surface area contributed by atoms with E-state index in [0.29, 0.717) is 17.8 Å². The Morgan fingerprint density at radius 3 is 2.21 bits per heavy atom. The molecule has 236 valence electrons. The van der Waals surface area contributed by atoms with Gasteiger partial charge in [-0.1, -0.05) is 83.3 Å². The summed E-state index contributed by atoms with van der Waals surface area (Å²) in [7, 11) is 2.13. The molecule has 1 aromatic carbocycles. The molecular weight excluding hydrogens is 560 g/mol. The first-order chi connectivity index (χ1) is 20.9. The quantitative estimate of drug-likeness (QED) is 0.121. The molecule has 8 nitrogen and oxygen atoms in total. The van der Waals surface area contributed by atoms with Crippen molar-refractivity contribution in [3.05, 3.63) is 40.8 Å². The molecule has 1 aromatic heterocycles. The van der Waals surface area contributed by atoms with Gasteiger partial charge in [0.05, 0.1) is 16.9 Å². The van der Waals surface area contributed by atoms with Crippen LogP contribution < -0.4 is 4.90 Å². The van der Waals surface area contributed by atoms with Gasteiger partial charge in [0.15, 0.2) is 0 Å². The third kappa shape index (κ3) is 9.54. The van der Waals surface area contributed by atoms with Crippen LogP contribution in [0.5, 0.6) is 0 Å². The summed E-state index contributed by atoms with van der Waals surface area (Å²) < 4.78 is 11.2. The second-order valence-corrected chi connectivity index (χ2v) is 13.1. The molecule has 2 aromatic rings. The van der Waals surface area contributed by atoms with Gasteiger partial charge in [0, 0.05) is 44.4 Å². The molecule has 0 N–H and O–H groups in total. The molecule has 4 rings (SSSR count). The molecule has 0 bridgehead atoms. The largest absolute Gasteiger partial charge is 0.425 e. The number of carbonyl (C=O) groups is 2. The minimum Gasteiger partial charge on any atom is -0.425 e. The molecule has 0 spiro atoms. The van der Waals surface area contributed by atoms with Crippen molar-refractivity contribution in [1.82, 2.24) is 9.80 Å². The standard InChI is InChI=1S/C34H50N4O4S/c1-5-6-7-8-9-10-11-12-13-14-15-20-31(39)41-27(3)42-34(40)38-30-19-17-16-18-29(30)35-32(28-25-26(2)43-33(28)38)37-23-21-36(4)22-24-37/h16-19,25,27H,5-15,20-24H2,1-4H3. The number of ether oxygens (including phenoxy) is 2. The van der Waals surface area contributed by atoms with E-state index in [0.717, 1.165) is 66.7 Å². The summed E-state index contributed by atoms with van der Waals surface area (Å²) in [4.78, 5) is 38.6. The van der Waals surface area contributed by atoms with Crippen LogP contribution >= 0.6 is 11.3 Å². The Labute approximate surface area is 262 Å². The fourth-order valence-electron chi connectivity index (χ4n) is 5.70. The number of amidine groups is 1. The van der Waals surface area contributed by atoms with E-state index in [-0.39, 0.29) is 5.97 Å². The van der Waals surface area contributed by atoms with Gasteiger partial charge in [-0.2, -0.15) is 0 Å². The van der Waals surface area contributed by atoms with Crippen LogP contribution in [0.2, 0.25) is 0 Å². The van der Waals surface area contributed by atoms with Gasteiger partial charge in [-0.15, -0.1) is 11.3 Å². The summed E-state index contributed by atoms with van der Waals surface area (Å²) >= 11 is 1.54. The van der Waals surface area contributed by atoms with Gasteiger partial charge in [-0.25, -0.2) is 14.7 Å². The summed E-state index contributed by atoms with van der Waals surface area (Å²) in [6.07, 6.45) is 12.2. The zero-order valence-electron chi connectivity index (χ0n) is 26.6. The van der Waals surface area contributed by atoms with Crippen molar-refractivity contribution >= 4 is 45.6 Å². The van der Waals surface area contributed by atoms with Crippen LogP contribution in [-0.2, 0) is 14.3 Å². The maximum Gasteiger partial charge on any atom is 0.422 e. The molecule has 3 heterocycles. The second-order valence-electron chi connectivity index (χ2n) is 11.9. The third-order valence-electron chi connectivity index (χ3n) is 8.16. The van der Waals surface area contributed by atoms with E-state index in [4.69, 9.17) is 14.5 Å². The minimum atomic E-state index is -0.995. The maximum atomic E-state index is 13.7. The SMILES string of the molecule is CCCCCCCCCCCCCC(=O)OC(C)OC(=O)N1c2ccccc2N=C(N2CCN(C)CC2)c2cc(C)sc21. The number of likely N-dealkylation sites (N-methyl/N-ethyl adjacent to an activating group) is 1. The van der Waals surface area contributed by atoms with Crippen molar-refractivity contribution in [2.24, 2.45) is 4.99 Å². The molecule has 0 aliphatic carbocycles. The molecule has 0 saturated carbocycles. The molecular formula is C34H50N4O4S. The van der Waals surface area contributed by atoms with Crippen molar-refractivity contribution in [2.75, 3.05) is 38.1 Å². The highest BCUT2D eigenvalue weighted by Crippen LogP contribution is 2.44. The number of para-hydroxylation sites is 2. The Hall–Kier alpha value is -2.91. The Morgan fingerprint density at radius 1 is 0.907 bits per heavy atom. The number of esters is 1. The predicted molar refractivity (Wildman–Crippen MR) is 176 cm³/mol. The van der Waals surface area contributed by atoms with E-state index >= 15 is 0 Å². The summed E-state index contributed by atoms with van der Waals surface area (Å²) in [6, 6.07) is 9.73. The lowest BCUT2D eigenvalue weighted by atomic mass is 10.1. The van der Waals surface area contributed by atoms with E-state index in [9.17, 15) is 9.59 Å². The number of nitrogens with zero attached hydrogens (tertiary/aromatic N) is 4. The predicted octanol–water partition coefficient (Wildman–Crippen LogP) is 8.56. The van der Waals surface area contributed by atoms with Crippen LogP contribution in [0.3, 0.4) is 0 Å². The smallest absolute Gasteiger partial charge is 0.422 e. The molecule has 2 aliphatic heterocycles. The van der Waals surface area contributed by atoms with Crippen LogP contribution in [0.4, 0.5) is 21.2 Å². The van der Waals surface area contributed by atoms with E-state index < -0.39 is 12.4 Å². The Bertz CT molecular complexity index is 1220. The zero-order valence-corrected chi connectivity index (χ0v) is 27.4. The van der Waals surface area contributed by atoms with Crippen LogP contribution in [0.25, 0.3) is 0 Å². The number of fused-ring (bicyclic) bond motifs is 2. The van der Waals surface area contributed by atoms with Crippen molar-refractivity contribution in [3.8, 4) is 0 Å². The second kappa shape index (κ2) is 16.8. The van der Waals surface area contributed by atoms with E-state index in [2.05, 4.69) is 29.8 Å². The van der Waals surface area contributed by atoms with Crippen LogP contribution in [0, 0.1) is 6.92 Å². The zero-order chi connectivity index (χ0) is 30.6. The maximum absolute atomic E-state index is 13.7. The van der Waals surface area contributed by atoms with Crippen molar-refractivity contribution in [1.29, 1.82) is 0 Å². The highest BCUT2D eigenvalue weighted by Gasteiger charge is 2.34. The van der Waals surface area contributed by atoms with Gasteiger partial charge in [-0.05, 0) is 38.6 Å². The minimum absolute atomic E-state index is 0.333. The number of amides is 1. The number of aryl methyl sites for hydroxylation is 1. The molecule has 1 amide bonds. The first kappa shape index (κ1) is 33.0. The lowest BCUT2D eigenvalue weighted by Gasteiger charge is -2.34. The number of rotatable bonds is 14. The van der Waals surface area contributed by atoms with Crippen LogP contribution in [0.1, 0.15) is 101 Å². The van der Waals surface area contributed by atoms with Crippen LogP contribution in [-0.4, -0.2) is 67.2 Å². The average Bonchev–Trinajstić information content (AvgIpc) is 3.30. The lowest BCUT2D eigenvalue weighted by Crippen LogP contribution is -2.47. The summed E-state index contributed by atoms with van der Waals surface area (Å²) in [5.74, 6) is 0.544. The van der Waals surface area contributed by atoms with Gasteiger partial charge >= 0.3 is 12.1 Å². The fourth-order valence-corrected chi connectivity index (χ4v) is 6.70. The number of carbonyl (C=O) groups excluding carboxylic acids is 2. The summed E-state index contributed by atoms with van der Waals surface area (Å²) in [6.45, 7) is 9.52. The number of unbranched alkanes of at least 4 members (excludes halogenated alkanes) is 10. The molecule has 2 aliphatic rings. The van der Waals surface area contributed by atoms with Crippen molar-refractivity contribution in [2.45, 2.75) is 104 Å². The van der Waals surface area contributed by atoms with E-state index in [1.54, 1.807) is 11.8 Å². The first-order valence-electron chi connectivity index (χ1n) is 16.3. The summed E-state index contributed by atoms with van der Waals surface area (Å²) in [5.41, 5.74) is 2.27. The van der Waals surface area contributed by atoms with E-state index in [1.807, 2.05) is 31.2 Å². The Kier molecular flexibility index (Phi) is 12.9. The lowest BCUT2D eigenvalue weighted by molar-refractivity contribution is -0.164. The first-order valence-corrected chi connectivity index (χ1v) is 17.1. The van der Waals surface area contributed by atoms with Gasteiger partial charge in [0.1, 0.15) is 10.8 Å². The monoisotopic (exact) mass is 610 g/mol. The Morgan fingerprint density at radius 2 is 1.53 bits per heavy atom. The number of aliphatic imine (C=N–C) groups is 1. The molecule has 1 unspecified atom stereocenters. The Balaban J connectivity index is 1.30. The number of benzene rings is 1. The summed E-state index contributed by atoms with van der Waals surface area (Å²) in [5, 5.41) is 0.768. The van der Waals surface area contributed by atoms with Crippen LogP contribution in [0.15, 0.2) is 35.3 Å². The topological polar surface area (TPSA) is 74.7 Å². The van der Waals surface area contributed by atoms with Gasteiger partial charge < -0.3 is 19.3 Å². The molecule has 9 heteroatoms. The molecule has 1 atom stereocenters. The highest BCUT2D eigenvalue weighted by atomic mass is 32.1. The average molecular weight is 611 g/mol. The number of anilines is 2. The number of thiophene rings is 1. The van der Waals surface area contributed by atoms with Gasteiger partial charge in [0.2, 0.25) is 6.29 Å². The fraction of sp³-hybridized carbons (Fsp3) is 0.618. The van der Waals surface area contributed by atoms with Gasteiger partial charge in [-0.3, -0.25) is 4.79 Å². The normalized spacial score (nSPS) is 15.8. The number of hydrogen-bond acceptors (Lipinski definition) is 8. The third-order valence-corrected chi connectivity index (χ3v) is 9.20. The molecule has 0 radical (unpaired) electrons. The molecule has 1 fully saturated rings. The molecule has 1 saturated heterocycles. The molecule has 43 heavy (non-hydrogen) atoms. The van der Waals surface area contributed by atoms with E-state index in [1.165, 1.54) is 62.7 Å². The number of piperazine rings is 1.